The van der Waals surface area contributed by atoms with E-state index in [-0.39, 0.29) is 5.92 Å². The fourth-order valence-corrected chi connectivity index (χ4v) is 6.39. The summed E-state index contributed by atoms with van der Waals surface area (Å²) in [6.07, 6.45) is -3.80. The van der Waals surface area contributed by atoms with E-state index in [4.69, 9.17) is 9.82 Å². The molecule has 1 aromatic carbocycles. The first-order valence-electron chi connectivity index (χ1n) is 13.6. The predicted molar refractivity (Wildman–Crippen MR) is 154 cm³/mol. The number of benzene rings is 1. The van der Waals surface area contributed by atoms with Crippen molar-refractivity contribution >= 4 is 38.7 Å². The van der Waals surface area contributed by atoms with E-state index in [9.17, 15) is 30.8 Å². The number of thiazole rings is 1. The number of hydrazone groups is 1. The van der Waals surface area contributed by atoms with Crippen molar-refractivity contribution < 1.29 is 35.6 Å². The van der Waals surface area contributed by atoms with Gasteiger partial charge >= 0.3 is 0 Å². The first-order chi connectivity index (χ1) is 20.9. The number of hydrogen-bond donors (Lipinski definition) is 1. The molecule has 1 atom stereocenters. The maximum absolute atomic E-state index is 13.3. The Kier molecular flexibility index (Phi) is 9.34. The summed E-state index contributed by atoms with van der Waals surface area (Å²) in [7, 11) is -3.51. The van der Waals surface area contributed by atoms with E-state index in [0.717, 1.165) is 22.4 Å². The number of nitrogens with zero attached hydrogens (tertiary/aromatic N) is 6. The van der Waals surface area contributed by atoms with Crippen molar-refractivity contribution in [3.63, 3.8) is 0 Å². The summed E-state index contributed by atoms with van der Waals surface area (Å²) in [6, 6.07) is 8.00. The quantitative estimate of drug-likeness (QED) is 0.190. The van der Waals surface area contributed by atoms with Crippen molar-refractivity contribution in [1.29, 1.82) is 0 Å². The van der Waals surface area contributed by atoms with Crippen molar-refractivity contribution in [2.24, 2.45) is 10.3 Å². The lowest BCUT2D eigenvalue weighted by molar-refractivity contribution is -0.133. The second kappa shape index (κ2) is 13.0. The van der Waals surface area contributed by atoms with E-state index in [0.29, 0.717) is 60.2 Å². The molecule has 17 heteroatoms. The number of halogens is 4. The Morgan fingerprint density at radius 2 is 1.91 bits per heavy atom. The maximum atomic E-state index is 13.3. The van der Waals surface area contributed by atoms with Crippen LogP contribution >= 0.6 is 11.3 Å². The van der Waals surface area contributed by atoms with Gasteiger partial charge in [-0.05, 0) is 25.8 Å². The number of hydrogen-bond acceptors (Lipinski definition) is 9. The highest BCUT2D eigenvalue weighted by Gasteiger charge is 2.31. The molecule has 0 spiro atoms. The Bertz CT molecular complexity index is 1680. The van der Waals surface area contributed by atoms with Gasteiger partial charge in [0.2, 0.25) is 15.9 Å². The van der Waals surface area contributed by atoms with Gasteiger partial charge in [0, 0.05) is 41.9 Å². The number of likely N-dealkylation sites (tertiary alicyclic amines) is 1. The summed E-state index contributed by atoms with van der Waals surface area (Å²) >= 11 is 1.48. The van der Waals surface area contributed by atoms with Crippen LogP contribution in [0.15, 0.2) is 46.0 Å². The summed E-state index contributed by atoms with van der Waals surface area (Å²) in [5.74, 6) is -0.393. The van der Waals surface area contributed by atoms with E-state index < -0.39 is 52.8 Å². The molecule has 1 saturated heterocycles. The van der Waals surface area contributed by atoms with Crippen molar-refractivity contribution in [1.82, 2.24) is 24.5 Å². The highest BCUT2D eigenvalue weighted by atomic mass is 32.2. The second-order valence-corrected chi connectivity index (χ2v) is 13.1. The molecule has 2 aliphatic heterocycles. The lowest BCUT2D eigenvalue weighted by Gasteiger charge is -2.31. The second-order valence-electron chi connectivity index (χ2n) is 10.5. The molecule has 5 rings (SSSR count). The SMILES string of the molecule is CC(=NNS(C)(=O)=O)c1ccccc1C1CC(c2csc(C3CCN(C(=O)Cn4nc(C(F)F)cc4C(F)F)CC3)n2)=NO1. The molecule has 44 heavy (non-hydrogen) atoms. The Balaban J connectivity index is 1.18. The summed E-state index contributed by atoms with van der Waals surface area (Å²) < 4.78 is 76.1. The summed E-state index contributed by atoms with van der Waals surface area (Å²) in [5.41, 5.74) is 1.84. The highest BCUT2D eigenvalue weighted by molar-refractivity contribution is 7.88. The molecule has 4 heterocycles. The van der Waals surface area contributed by atoms with Crippen molar-refractivity contribution in [3.8, 4) is 0 Å². The normalized spacial score (nSPS) is 18.2. The molecule has 2 aliphatic rings. The average molecular weight is 656 g/mol. The van der Waals surface area contributed by atoms with Gasteiger partial charge in [0.15, 0.2) is 6.10 Å². The van der Waals surface area contributed by atoms with E-state index >= 15 is 0 Å². The number of alkyl halides is 4. The van der Waals surface area contributed by atoms with Gasteiger partial charge in [0.05, 0.1) is 22.7 Å². The molecule has 0 bridgehead atoms. The molecule has 2 aromatic heterocycles. The van der Waals surface area contributed by atoms with E-state index in [1.54, 1.807) is 6.92 Å². The topological polar surface area (TPSA) is 131 Å². The van der Waals surface area contributed by atoms with Gasteiger partial charge in [0.1, 0.15) is 23.6 Å². The predicted octanol–water partition coefficient (Wildman–Crippen LogP) is 4.76. The number of aromatic nitrogens is 3. The molecule has 1 unspecified atom stereocenters. The van der Waals surface area contributed by atoms with Crippen LogP contribution in [0, 0.1) is 0 Å². The van der Waals surface area contributed by atoms with Gasteiger partial charge in [-0.15, -0.1) is 11.3 Å². The van der Waals surface area contributed by atoms with Crippen molar-refractivity contribution in [2.45, 2.75) is 57.6 Å². The first-order valence-corrected chi connectivity index (χ1v) is 16.4. The van der Waals surface area contributed by atoms with Crippen LogP contribution in [0.4, 0.5) is 17.6 Å². The first kappa shape index (κ1) is 31.6. The minimum atomic E-state index is -3.51. The minimum Gasteiger partial charge on any atom is -0.387 e. The molecule has 0 radical (unpaired) electrons. The number of sulfonamides is 1. The Labute approximate surface area is 254 Å². The van der Waals surface area contributed by atoms with Gasteiger partial charge in [-0.2, -0.15) is 10.2 Å². The smallest absolute Gasteiger partial charge is 0.282 e. The van der Waals surface area contributed by atoms with Gasteiger partial charge in [-0.1, -0.05) is 29.4 Å². The number of carbonyl (C=O) groups is 1. The Morgan fingerprint density at radius 3 is 2.59 bits per heavy atom. The van der Waals surface area contributed by atoms with E-state index in [1.807, 2.05) is 29.6 Å². The molecule has 0 saturated carbocycles. The van der Waals surface area contributed by atoms with Crippen LogP contribution in [0.25, 0.3) is 0 Å². The zero-order valence-electron chi connectivity index (χ0n) is 23.7. The van der Waals surface area contributed by atoms with Crippen LogP contribution < -0.4 is 4.83 Å². The third-order valence-electron chi connectivity index (χ3n) is 7.32. The van der Waals surface area contributed by atoms with Crippen LogP contribution in [0.2, 0.25) is 0 Å². The molecule has 0 aliphatic carbocycles. The largest absolute Gasteiger partial charge is 0.387 e. The van der Waals surface area contributed by atoms with Crippen molar-refractivity contribution in [2.75, 3.05) is 19.3 Å². The van der Waals surface area contributed by atoms with Gasteiger partial charge in [-0.25, -0.2) is 35.8 Å². The molecule has 1 amide bonds. The van der Waals surface area contributed by atoms with Crippen LogP contribution in [0.5, 0.6) is 0 Å². The fourth-order valence-electron chi connectivity index (χ4n) is 5.09. The monoisotopic (exact) mass is 655 g/mol. The average Bonchev–Trinajstić information content (AvgIpc) is 3.75. The zero-order valence-corrected chi connectivity index (χ0v) is 25.3. The molecule has 1 fully saturated rings. The maximum Gasteiger partial charge on any atom is 0.282 e. The Hall–Kier alpha value is -3.86. The van der Waals surface area contributed by atoms with Crippen LogP contribution in [0.3, 0.4) is 0 Å². The number of nitrogens with one attached hydrogen (secondary N) is 1. The number of amides is 1. The van der Waals surface area contributed by atoms with Crippen LogP contribution in [-0.2, 0) is 26.2 Å². The summed E-state index contributed by atoms with van der Waals surface area (Å²) in [5, 5.41) is 14.5. The lowest BCUT2D eigenvalue weighted by atomic mass is 9.96. The van der Waals surface area contributed by atoms with Gasteiger partial charge < -0.3 is 9.74 Å². The number of oxime groups is 1. The fraction of sp³-hybridized carbons (Fsp3) is 0.444. The molecular formula is C27H29F4N7O4S2. The molecular weight excluding hydrogens is 626 g/mol. The Morgan fingerprint density at radius 1 is 1.18 bits per heavy atom. The molecule has 236 valence electrons. The summed E-state index contributed by atoms with van der Waals surface area (Å²) in [6.45, 7) is 1.88. The van der Waals surface area contributed by atoms with Gasteiger partial charge in [-0.3, -0.25) is 9.48 Å². The third-order valence-corrected chi connectivity index (χ3v) is 8.75. The van der Waals surface area contributed by atoms with Crippen molar-refractivity contribution in [3.05, 3.63) is 68.9 Å². The summed E-state index contributed by atoms with van der Waals surface area (Å²) in [4.78, 5) is 27.0. The number of rotatable bonds is 10. The minimum absolute atomic E-state index is 0.0743. The third kappa shape index (κ3) is 7.26. The highest BCUT2D eigenvalue weighted by Crippen LogP contribution is 2.35. The standard InChI is InChI=1S/C27H29F4N7O4S2/c1-15(33-36-44(2,40)41)17-5-3-4-6-18(17)23-12-19(35-42-23)21-14-43-27(32-21)16-7-9-37(10-8-16)24(39)13-38-22(26(30)31)11-20(34-38)25(28)29/h3-6,11,14,16,23,25-26,36H,7-10,12-13H2,1-2H3. The molecule has 3 aromatic rings. The van der Waals surface area contributed by atoms with E-state index in [2.05, 4.69) is 20.2 Å². The molecule has 11 nitrogen and oxygen atoms in total. The zero-order chi connectivity index (χ0) is 31.6. The van der Waals surface area contributed by atoms with Gasteiger partial charge in [0.25, 0.3) is 12.9 Å². The van der Waals surface area contributed by atoms with Crippen LogP contribution in [-0.4, -0.2) is 64.8 Å². The number of carbonyl (C=O) groups excluding carboxylic acids is 1. The lowest BCUT2D eigenvalue weighted by Crippen LogP contribution is -2.40. The van der Waals surface area contributed by atoms with E-state index in [1.165, 1.54) is 16.2 Å². The van der Waals surface area contributed by atoms with Crippen LogP contribution in [0.1, 0.15) is 84.3 Å². The molecule has 1 N–H and O–H groups in total. The number of piperidine rings is 1.